The number of anilines is 2. The first-order chi connectivity index (χ1) is 12.2. The van der Waals surface area contributed by atoms with E-state index < -0.39 is 0 Å². The maximum Gasteiger partial charge on any atom is 0.321 e. The quantitative estimate of drug-likeness (QED) is 0.830. The third-order valence-corrected chi connectivity index (χ3v) is 5.36. The van der Waals surface area contributed by atoms with Crippen molar-refractivity contribution in [1.82, 2.24) is 4.90 Å². The number of rotatable bonds is 4. The molecule has 5 heteroatoms. The van der Waals surface area contributed by atoms with Gasteiger partial charge in [-0.3, -0.25) is 0 Å². The highest BCUT2D eigenvalue weighted by molar-refractivity contribution is 7.98. The molecule has 4 nitrogen and oxygen atoms in total. The SMILES string of the molecule is CCc1cccc(NC(=O)N2CCN(c3ccccc3SC)CC2)c1. The number of para-hydroxylation sites is 1. The molecule has 1 saturated heterocycles. The molecule has 1 aliphatic rings. The molecule has 0 spiro atoms. The summed E-state index contributed by atoms with van der Waals surface area (Å²) in [5, 5.41) is 3.03. The van der Waals surface area contributed by atoms with Crippen molar-refractivity contribution in [2.75, 3.05) is 42.7 Å². The molecule has 0 aliphatic carbocycles. The van der Waals surface area contributed by atoms with Gasteiger partial charge in [-0.1, -0.05) is 31.2 Å². The molecule has 1 heterocycles. The summed E-state index contributed by atoms with van der Waals surface area (Å²) in [6, 6.07) is 16.5. The number of carbonyl (C=O) groups is 1. The van der Waals surface area contributed by atoms with E-state index in [-0.39, 0.29) is 6.03 Å². The lowest BCUT2D eigenvalue weighted by molar-refractivity contribution is 0.208. The van der Waals surface area contributed by atoms with Gasteiger partial charge in [-0.15, -0.1) is 11.8 Å². The molecule has 1 N–H and O–H groups in total. The first-order valence-corrected chi connectivity index (χ1v) is 9.96. The van der Waals surface area contributed by atoms with Gasteiger partial charge in [0.25, 0.3) is 0 Å². The summed E-state index contributed by atoms with van der Waals surface area (Å²) in [5.74, 6) is 0. The number of urea groups is 1. The number of piperazine rings is 1. The van der Waals surface area contributed by atoms with Gasteiger partial charge >= 0.3 is 6.03 Å². The van der Waals surface area contributed by atoms with Gasteiger partial charge in [0.05, 0.1) is 5.69 Å². The van der Waals surface area contributed by atoms with Gasteiger partial charge in [0.15, 0.2) is 0 Å². The van der Waals surface area contributed by atoms with E-state index in [0.717, 1.165) is 38.3 Å². The second-order valence-electron chi connectivity index (χ2n) is 6.13. The summed E-state index contributed by atoms with van der Waals surface area (Å²) in [7, 11) is 0. The van der Waals surface area contributed by atoms with Crippen molar-refractivity contribution in [3.63, 3.8) is 0 Å². The molecule has 0 radical (unpaired) electrons. The van der Waals surface area contributed by atoms with E-state index in [9.17, 15) is 4.79 Å². The second-order valence-corrected chi connectivity index (χ2v) is 6.98. The predicted octanol–water partition coefficient (Wildman–Crippen LogP) is 4.33. The Morgan fingerprint density at radius 3 is 2.56 bits per heavy atom. The van der Waals surface area contributed by atoms with E-state index >= 15 is 0 Å². The van der Waals surface area contributed by atoms with Crippen LogP contribution in [0.3, 0.4) is 0 Å². The molecule has 0 unspecified atom stereocenters. The first-order valence-electron chi connectivity index (χ1n) is 8.74. The van der Waals surface area contributed by atoms with Crippen molar-refractivity contribution in [3.8, 4) is 0 Å². The number of nitrogens with zero attached hydrogens (tertiary/aromatic N) is 2. The fourth-order valence-electron chi connectivity index (χ4n) is 3.11. The van der Waals surface area contributed by atoms with Crippen LogP contribution in [0, 0.1) is 0 Å². The van der Waals surface area contributed by atoms with Crippen LogP contribution in [0.1, 0.15) is 12.5 Å². The fourth-order valence-corrected chi connectivity index (χ4v) is 3.73. The number of hydrogen-bond donors (Lipinski definition) is 1. The van der Waals surface area contributed by atoms with Crippen LogP contribution < -0.4 is 10.2 Å². The summed E-state index contributed by atoms with van der Waals surface area (Å²) in [4.78, 5) is 18.1. The minimum absolute atomic E-state index is 0.00828. The number of aryl methyl sites for hydroxylation is 1. The Balaban J connectivity index is 1.59. The summed E-state index contributed by atoms with van der Waals surface area (Å²) in [6.45, 7) is 5.32. The molecule has 1 fully saturated rings. The summed E-state index contributed by atoms with van der Waals surface area (Å²) in [6.07, 6.45) is 3.07. The van der Waals surface area contributed by atoms with Gasteiger partial charge in [0.2, 0.25) is 0 Å². The molecule has 25 heavy (non-hydrogen) atoms. The van der Waals surface area contributed by atoms with Crippen molar-refractivity contribution < 1.29 is 4.79 Å². The topological polar surface area (TPSA) is 35.6 Å². The molecule has 132 valence electrons. The lowest BCUT2D eigenvalue weighted by Crippen LogP contribution is -2.50. The molecule has 0 atom stereocenters. The molecule has 1 aliphatic heterocycles. The monoisotopic (exact) mass is 355 g/mol. The van der Waals surface area contributed by atoms with E-state index in [4.69, 9.17) is 0 Å². The standard InChI is InChI=1S/C20H25N3OS/c1-3-16-7-6-8-17(15-16)21-20(24)23-13-11-22(12-14-23)18-9-4-5-10-19(18)25-2/h4-10,15H,3,11-14H2,1-2H3,(H,21,24). The first kappa shape index (κ1) is 17.7. The Labute approximate surface area is 154 Å². The maximum absolute atomic E-state index is 12.5. The Hall–Kier alpha value is -2.14. The molecule has 2 aromatic rings. The second kappa shape index (κ2) is 8.30. The highest BCUT2D eigenvalue weighted by Gasteiger charge is 2.22. The minimum Gasteiger partial charge on any atom is -0.367 e. The highest BCUT2D eigenvalue weighted by atomic mass is 32.2. The van der Waals surface area contributed by atoms with Gasteiger partial charge in [0, 0.05) is 36.8 Å². The maximum atomic E-state index is 12.5. The highest BCUT2D eigenvalue weighted by Crippen LogP contribution is 2.29. The third-order valence-electron chi connectivity index (χ3n) is 4.58. The molecule has 3 rings (SSSR count). The normalized spacial score (nSPS) is 14.5. The molecule has 0 aromatic heterocycles. The molecular weight excluding hydrogens is 330 g/mol. The number of hydrogen-bond acceptors (Lipinski definition) is 3. The van der Waals surface area contributed by atoms with Crippen molar-refractivity contribution in [2.24, 2.45) is 0 Å². The van der Waals surface area contributed by atoms with Crippen LogP contribution in [-0.2, 0) is 6.42 Å². The van der Waals surface area contributed by atoms with Crippen molar-refractivity contribution in [3.05, 3.63) is 54.1 Å². The smallest absolute Gasteiger partial charge is 0.321 e. The minimum atomic E-state index is -0.00828. The third kappa shape index (κ3) is 4.28. The lowest BCUT2D eigenvalue weighted by Gasteiger charge is -2.36. The zero-order valence-corrected chi connectivity index (χ0v) is 15.7. The Kier molecular flexibility index (Phi) is 5.87. The zero-order chi connectivity index (χ0) is 17.6. The molecule has 0 bridgehead atoms. The van der Waals surface area contributed by atoms with Crippen LogP contribution in [-0.4, -0.2) is 43.4 Å². The van der Waals surface area contributed by atoms with Crippen LogP contribution in [0.4, 0.5) is 16.2 Å². The van der Waals surface area contributed by atoms with Gasteiger partial charge in [-0.05, 0) is 42.5 Å². The Morgan fingerprint density at radius 2 is 1.84 bits per heavy atom. The van der Waals surface area contributed by atoms with Crippen LogP contribution in [0.15, 0.2) is 53.4 Å². The molecule has 2 amide bonds. The van der Waals surface area contributed by atoms with E-state index in [2.05, 4.69) is 53.7 Å². The van der Waals surface area contributed by atoms with E-state index in [1.165, 1.54) is 16.1 Å². The van der Waals surface area contributed by atoms with Crippen molar-refractivity contribution in [2.45, 2.75) is 18.2 Å². The summed E-state index contributed by atoms with van der Waals surface area (Å²) in [5.41, 5.74) is 3.38. The van der Waals surface area contributed by atoms with E-state index in [0.29, 0.717) is 0 Å². The van der Waals surface area contributed by atoms with Gasteiger partial charge in [0.1, 0.15) is 0 Å². The summed E-state index contributed by atoms with van der Waals surface area (Å²) < 4.78 is 0. The summed E-state index contributed by atoms with van der Waals surface area (Å²) >= 11 is 1.77. The Morgan fingerprint density at radius 1 is 1.08 bits per heavy atom. The van der Waals surface area contributed by atoms with Crippen LogP contribution >= 0.6 is 11.8 Å². The number of amides is 2. The molecule has 0 saturated carbocycles. The average molecular weight is 356 g/mol. The van der Waals surface area contributed by atoms with Crippen molar-refractivity contribution in [1.29, 1.82) is 0 Å². The van der Waals surface area contributed by atoms with Gasteiger partial charge in [-0.2, -0.15) is 0 Å². The molecular formula is C20H25N3OS. The van der Waals surface area contributed by atoms with Crippen LogP contribution in [0.25, 0.3) is 0 Å². The largest absolute Gasteiger partial charge is 0.367 e. The number of carbonyl (C=O) groups excluding carboxylic acids is 1. The van der Waals surface area contributed by atoms with Crippen molar-refractivity contribution >= 4 is 29.2 Å². The molecule has 2 aromatic carbocycles. The predicted molar refractivity (Wildman–Crippen MR) is 107 cm³/mol. The van der Waals surface area contributed by atoms with Crippen LogP contribution in [0.5, 0.6) is 0 Å². The number of thioether (sulfide) groups is 1. The average Bonchev–Trinajstić information content (AvgIpc) is 2.68. The number of nitrogens with one attached hydrogen (secondary N) is 1. The number of benzene rings is 2. The fraction of sp³-hybridized carbons (Fsp3) is 0.350. The lowest BCUT2D eigenvalue weighted by atomic mass is 10.1. The van der Waals surface area contributed by atoms with E-state index in [1.807, 2.05) is 23.1 Å². The van der Waals surface area contributed by atoms with Gasteiger partial charge in [-0.25, -0.2) is 4.79 Å². The Bertz CT molecular complexity index is 726. The van der Waals surface area contributed by atoms with E-state index in [1.54, 1.807) is 11.8 Å². The zero-order valence-electron chi connectivity index (χ0n) is 14.9. The van der Waals surface area contributed by atoms with Crippen LogP contribution in [0.2, 0.25) is 0 Å². The van der Waals surface area contributed by atoms with Gasteiger partial charge < -0.3 is 15.1 Å².